The molecule has 3 aliphatic heterocycles. The Hall–Kier alpha value is -0.870. The highest BCUT2D eigenvalue weighted by Gasteiger charge is 2.63. The molecule has 20 heavy (non-hydrogen) atoms. The first-order valence-electron chi connectivity index (χ1n) is 7.90. The third-order valence-corrected chi connectivity index (χ3v) is 6.08. The lowest BCUT2D eigenvalue weighted by molar-refractivity contribution is -0.162. The third-order valence-electron chi connectivity index (χ3n) is 6.08. The highest BCUT2D eigenvalue weighted by molar-refractivity contribution is 5.74. The summed E-state index contributed by atoms with van der Waals surface area (Å²) in [7, 11) is 0. The Morgan fingerprint density at radius 2 is 2.05 bits per heavy atom. The van der Waals surface area contributed by atoms with Crippen molar-refractivity contribution in [3.8, 4) is 0 Å². The summed E-state index contributed by atoms with van der Waals surface area (Å²) in [5.74, 6) is 1.55. The van der Waals surface area contributed by atoms with Crippen LogP contribution in [0.3, 0.4) is 0 Å². The first kappa shape index (κ1) is 11.8. The molecule has 108 valence electrons. The van der Waals surface area contributed by atoms with Gasteiger partial charge in [-0.3, -0.25) is 4.79 Å². The van der Waals surface area contributed by atoms with Gasteiger partial charge in [-0.1, -0.05) is 12.2 Å². The van der Waals surface area contributed by atoms with Crippen molar-refractivity contribution in [1.29, 1.82) is 0 Å². The first-order valence-corrected chi connectivity index (χ1v) is 7.90. The SMILES string of the molecule is CC1OC2C(OC(=O)C3CC4C=CC3C4)C3CC1C2O3. The summed E-state index contributed by atoms with van der Waals surface area (Å²) in [6.45, 7) is 2.11. The predicted molar refractivity (Wildman–Crippen MR) is 69.8 cm³/mol. The maximum absolute atomic E-state index is 12.5. The quantitative estimate of drug-likeness (QED) is 0.568. The molecule has 4 nitrogen and oxygen atoms in total. The van der Waals surface area contributed by atoms with E-state index >= 15 is 0 Å². The van der Waals surface area contributed by atoms with Crippen LogP contribution in [0.1, 0.15) is 26.2 Å². The molecule has 5 rings (SSSR count). The van der Waals surface area contributed by atoms with Gasteiger partial charge in [-0.25, -0.2) is 0 Å². The maximum atomic E-state index is 12.5. The highest BCUT2D eigenvalue weighted by atomic mass is 16.6. The largest absolute Gasteiger partial charge is 0.456 e. The van der Waals surface area contributed by atoms with Crippen LogP contribution in [0.15, 0.2) is 12.2 Å². The summed E-state index contributed by atoms with van der Waals surface area (Å²) >= 11 is 0. The zero-order valence-electron chi connectivity index (χ0n) is 11.6. The van der Waals surface area contributed by atoms with E-state index in [-0.39, 0.29) is 42.4 Å². The van der Waals surface area contributed by atoms with E-state index in [0.29, 0.717) is 17.8 Å². The molecule has 4 fully saturated rings. The number of ether oxygens (including phenoxy) is 3. The molecule has 3 heterocycles. The van der Waals surface area contributed by atoms with Crippen LogP contribution < -0.4 is 0 Å². The number of allylic oxidation sites excluding steroid dienone is 2. The molecule has 3 saturated heterocycles. The summed E-state index contributed by atoms with van der Waals surface area (Å²) in [5.41, 5.74) is 0. The van der Waals surface area contributed by atoms with E-state index in [0.717, 1.165) is 19.3 Å². The Morgan fingerprint density at radius 3 is 2.80 bits per heavy atom. The van der Waals surface area contributed by atoms with Crippen LogP contribution in [-0.2, 0) is 19.0 Å². The van der Waals surface area contributed by atoms with E-state index in [1.54, 1.807) is 0 Å². The fourth-order valence-electron chi connectivity index (χ4n) is 5.07. The minimum absolute atomic E-state index is 0.0215. The lowest BCUT2D eigenvalue weighted by atomic mass is 9.85. The van der Waals surface area contributed by atoms with E-state index in [4.69, 9.17) is 14.2 Å². The van der Waals surface area contributed by atoms with Crippen LogP contribution >= 0.6 is 0 Å². The molecule has 0 N–H and O–H groups in total. The predicted octanol–water partition coefficient (Wildman–Crippen LogP) is 1.68. The van der Waals surface area contributed by atoms with E-state index in [2.05, 4.69) is 19.1 Å². The van der Waals surface area contributed by atoms with Gasteiger partial charge in [-0.05, 0) is 38.0 Å². The zero-order chi connectivity index (χ0) is 13.4. The molecule has 4 bridgehead atoms. The molecular weight excluding hydrogens is 256 g/mol. The molecule has 0 radical (unpaired) electrons. The lowest BCUT2D eigenvalue weighted by Gasteiger charge is -2.26. The van der Waals surface area contributed by atoms with Crippen LogP contribution in [0.5, 0.6) is 0 Å². The van der Waals surface area contributed by atoms with Crippen molar-refractivity contribution in [3.63, 3.8) is 0 Å². The van der Waals surface area contributed by atoms with Gasteiger partial charge in [0.15, 0.2) is 6.10 Å². The molecule has 0 aromatic rings. The zero-order valence-corrected chi connectivity index (χ0v) is 11.6. The normalized spacial score (nSPS) is 57.8. The van der Waals surface area contributed by atoms with Crippen LogP contribution in [0.25, 0.3) is 0 Å². The standard InChI is InChI=1S/C16H20O4/c1-7-10-6-12-14(15(18-7)13(10)19-12)20-16(17)11-5-8-2-3-9(11)4-8/h2-3,7-15H,4-6H2,1H3. The van der Waals surface area contributed by atoms with Gasteiger partial charge >= 0.3 is 5.97 Å². The van der Waals surface area contributed by atoms with Crippen LogP contribution in [0.2, 0.25) is 0 Å². The third kappa shape index (κ3) is 1.41. The maximum Gasteiger partial charge on any atom is 0.310 e. The average Bonchev–Trinajstić information content (AvgIpc) is 3.19. The van der Waals surface area contributed by atoms with Gasteiger partial charge in [0.1, 0.15) is 6.10 Å². The van der Waals surface area contributed by atoms with E-state index in [1.807, 2.05) is 0 Å². The van der Waals surface area contributed by atoms with Gasteiger partial charge in [0.05, 0.1) is 24.2 Å². The van der Waals surface area contributed by atoms with E-state index in [9.17, 15) is 4.79 Å². The molecule has 0 amide bonds. The molecule has 4 heteroatoms. The van der Waals surface area contributed by atoms with Gasteiger partial charge < -0.3 is 14.2 Å². The number of hydrogen-bond acceptors (Lipinski definition) is 4. The van der Waals surface area contributed by atoms with Crippen LogP contribution in [-0.4, -0.2) is 36.5 Å². The molecule has 9 atom stereocenters. The number of carbonyl (C=O) groups excluding carboxylic acids is 1. The second kappa shape index (κ2) is 3.86. The molecule has 2 aliphatic carbocycles. The summed E-state index contributed by atoms with van der Waals surface area (Å²) in [6, 6.07) is 0. The van der Waals surface area contributed by atoms with Gasteiger partial charge in [0, 0.05) is 5.92 Å². The molecule has 0 aromatic heterocycles. The minimum atomic E-state index is -0.170. The molecular formula is C16H20O4. The highest BCUT2D eigenvalue weighted by Crippen LogP contribution is 2.50. The van der Waals surface area contributed by atoms with Gasteiger partial charge in [0.25, 0.3) is 0 Å². The smallest absolute Gasteiger partial charge is 0.310 e. The topological polar surface area (TPSA) is 44.8 Å². The molecule has 0 aromatic carbocycles. The van der Waals surface area contributed by atoms with Crippen molar-refractivity contribution in [2.24, 2.45) is 23.7 Å². The summed E-state index contributed by atoms with van der Waals surface area (Å²) in [6.07, 6.45) is 7.80. The van der Waals surface area contributed by atoms with Gasteiger partial charge in [0.2, 0.25) is 0 Å². The van der Waals surface area contributed by atoms with Crippen molar-refractivity contribution in [1.82, 2.24) is 0 Å². The van der Waals surface area contributed by atoms with Gasteiger partial charge in [-0.15, -0.1) is 0 Å². The molecule has 1 saturated carbocycles. The van der Waals surface area contributed by atoms with Crippen molar-refractivity contribution in [2.75, 3.05) is 0 Å². The van der Waals surface area contributed by atoms with E-state index < -0.39 is 0 Å². The molecule has 9 unspecified atom stereocenters. The molecule has 5 aliphatic rings. The number of fused-ring (bicyclic) bond motifs is 3. The second-order valence-corrected chi connectivity index (χ2v) is 7.13. The molecule has 0 spiro atoms. The Kier molecular flexibility index (Phi) is 2.27. The van der Waals surface area contributed by atoms with Gasteiger partial charge in [-0.2, -0.15) is 0 Å². The minimum Gasteiger partial charge on any atom is -0.456 e. The van der Waals surface area contributed by atoms with E-state index in [1.165, 1.54) is 0 Å². The summed E-state index contributed by atoms with van der Waals surface area (Å²) < 4.78 is 17.8. The Morgan fingerprint density at radius 1 is 1.15 bits per heavy atom. The van der Waals surface area contributed by atoms with Crippen LogP contribution in [0.4, 0.5) is 0 Å². The fraction of sp³-hybridized carbons (Fsp3) is 0.812. The summed E-state index contributed by atoms with van der Waals surface area (Å²) in [4.78, 5) is 12.5. The van der Waals surface area contributed by atoms with Crippen LogP contribution in [0, 0.1) is 23.7 Å². The monoisotopic (exact) mass is 276 g/mol. The average molecular weight is 276 g/mol. The van der Waals surface area contributed by atoms with Crippen molar-refractivity contribution < 1.29 is 19.0 Å². The van der Waals surface area contributed by atoms with Crippen molar-refractivity contribution in [3.05, 3.63) is 12.2 Å². The summed E-state index contributed by atoms with van der Waals surface area (Å²) in [5, 5.41) is 0. The number of hydrogen-bond donors (Lipinski definition) is 0. The van der Waals surface area contributed by atoms with Crippen molar-refractivity contribution >= 4 is 5.97 Å². The second-order valence-electron chi connectivity index (χ2n) is 7.13. The number of rotatable bonds is 2. The fourth-order valence-corrected chi connectivity index (χ4v) is 5.07. The Bertz CT molecular complexity index is 487. The Balaban J connectivity index is 1.31. The number of carbonyl (C=O) groups is 1. The first-order chi connectivity index (χ1) is 9.70. The van der Waals surface area contributed by atoms with Crippen molar-refractivity contribution in [2.45, 2.75) is 56.7 Å². The number of esters is 1. The lowest BCUT2D eigenvalue weighted by Crippen LogP contribution is -2.41. The Labute approximate surface area is 118 Å².